The number of pyridine rings is 1. The molecule has 0 atom stereocenters. The van der Waals surface area contributed by atoms with Gasteiger partial charge in [0.15, 0.2) is 0 Å². The number of aromatic amines is 2. The summed E-state index contributed by atoms with van der Waals surface area (Å²) in [5.41, 5.74) is 4.68. The topological polar surface area (TPSA) is 103 Å². The van der Waals surface area contributed by atoms with Crippen molar-refractivity contribution in [1.29, 1.82) is 0 Å². The Morgan fingerprint density at radius 2 is 2.03 bits per heavy atom. The highest BCUT2D eigenvalue weighted by atomic mass is 32.2. The number of hydrogen-bond acceptors (Lipinski definition) is 7. The number of anilines is 1. The lowest BCUT2D eigenvalue weighted by molar-refractivity contribution is 0.397. The molecule has 3 aromatic heterocycles. The summed E-state index contributed by atoms with van der Waals surface area (Å²) >= 11 is 1.78. The molecule has 0 spiro atoms. The molecule has 0 unspecified atom stereocenters. The van der Waals surface area contributed by atoms with Crippen molar-refractivity contribution >= 4 is 17.7 Å². The van der Waals surface area contributed by atoms with Crippen molar-refractivity contribution < 1.29 is 0 Å². The van der Waals surface area contributed by atoms with Crippen LogP contribution in [0.25, 0.3) is 0 Å². The van der Waals surface area contributed by atoms with Gasteiger partial charge in [0.05, 0.1) is 17.7 Å². The standard InChI is InChI=1S/C20H27N7OS/c1-14-18(25-13-24-14)12-29-7-6-21-20-23-10-16(19(28)26-20)8-15-4-5-17(22-9-15)11-27(2)3/h4-5,9-10,13H,6-8,11-12H2,1-3H3,(H,24,25)(H2,21,23,26,28). The molecule has 0 amide bonds. The molecule has 0 saturated heterocycles. The molecule has 0 radical (unpaired) electrons. The summed E-state index contributed by atoms with van der Waals surface area (Å²) in [6, 6.07) is 4.00. The van der Waals surface area contributed by atoms with E-state index in [1.54, 1.807) is 24.3 Å². The highest BCUT2D eigenvalue weighted by Crippen LogP contribution is 2.12. The number of aryl methyl sites for hydroxylation is 1. The van der Waals surface area contributed by atoms with Gasteiger partial charge in [-0.2, -0.15) is 11.8 Å². The predicted molar refractivity (Wildman–Crippen MR) is 117 cm³/mol. The fourth-order valence-electron chi connectivity index (χ4n) is 2.78. The number of H-pyrrole nitrogens is 2. The Hall–Kier alpha value is -2.65. The molecule has 0 aliphatic rings. The second-order valence-electron chi connectivity index (χ2n) is 7.11. The van der Waals surface area contributed by atoms with Gasteiger partial charge < -0.3 is 15.2 Å². The van der Waals surface area contributed by atoms with Gasteiger partial charge in [0.1, 0.15) is 0 Å². The van der Waals surface area contributed by atoms with Crippen molar-refractivity contribution in [3.8, 4) is 0 Å². The minimum absolute atomic E-state index is 0.125. The average molecular weight is 414 g/mol. The molecule has 8 nitrogen and oxygen atoms in total. The third-order valence-electron chi connectivity index (χ3n) is 4.34. The van der Waals surface area contributed by atoms with Gasteiger partial charge in [0.25, 0.3) is 5.56 Å². The van der Waals surface area contributed by atoms with E-state index in [0.29, 0.717) is 24.5 Å². The van der Waals surface area contributed by atoms with Gasteiger partial charge in [0.2, 0.25) is 5.95 Å². The Morgan fingerprint density at radius 1 is 1.17 bits per heavy atom. The molecule has 0 fully saturated rings. The largest absolute Gasteiger partial charge is 0.355 e. The van der Waals surface area contributed by atoms with Crippen LogP contribution in [0.15, 0.2) is 35.6 Å². The second kappa shape index (κ2) is 10.2. The quantitative estimate of drug-likeness (QED) is 0.438. The zero-order chi connectivity index (χ0) is 20.6. The van der Waals surface area contributed by atoms with E-state index in [1.165, 1.54) is 0 Å². The maximum absolute atomic E-state index is 12.4. The monoisotopic (exact) mass is 413 g/mol. The highest BCUT2D eigenvalue weighted by molar-refractivity contribution is 7.98. The molecule has 0 aromatic carbocycles. The number of nitrogens with one attached hydrogen (secondary N) is 3. The Kier molecular flexibility index (Phi) is 7.42. The van der Waals surface area contributed by atoms with Crippen LogP contribution in [0.5, 0.6) is 0 Å². The minimum atomic E-state index is -0.125. The van der Waals surface area contributed by atoms with Crippen molar-refractivity contribution in [3.63, 3.8) is 0 Å². The van der Waals surface area contributed by atoms with E-state index in [0.717, 1.165) is 40.7 Å². The molecule has 0 saturated carbocycles. The van der Waals surface area contributed by atoms with Crippen molar-refractivity contribution in [2.75, 3.05) is 31.7 Å². The first-order valence-electron chi connectivity index (χ1n) is 9.48. The van der Waals surface area contributed by atoms with Gasteiger partial charge in [-0.15, -0.1) is 0 Å². The zero-order valence-electron chi connectivity index (χ0n) is 17.0. The SMILES string of the molecule is Cc1[nH]cnc1CSCCNc1ncc(Cc2ccc(CN(C)C)nc2)c(=O)[nH]1. The van der Waals surface area contributed by atoms with Crippen molar-refractivity contribution in [3.05, 3.63) is 69.4 Å². The molecule has 3 rings (SSSR count). The van der Waals surface area contributed by atoms with Crippen LogP contribution < -0.4 is 10.9 Å². The molecule has 3 heterocycles. The lowest BCUT2D eigenvalue weighted by Gasteiger charge is -2.09. The number of imidazole rings is 1. The molecule has 0 bridgehead atoms. The van der Waals surface area contributed by atoms with Crippen LogP contribution in [0.2, 0.25) is 0 Å². The van der Waals surface area contributed by atoms with E-state index < -0.39 is 0 Å². The van der Waals surface area contributed by atoms with Crippen LogP contribution >= 0.6 is 11.8 Å². The molecule has 0 aliphatic heterocycles. The predicted octanol–water partition coefficient (Wildman–Crippen LogP) is 2.19. The van der Waals surface area contributed by atoms with Gasteiger partial charge in [-0.05, 0) is 32.6 Å². The number of rotatable bonds is 10. The third kappa shape index (κ3) is 6.43. The van der Waals surface area contributed by atoms with Crippen molar-refractivity contribution in [2.45, 2.75) is 25.6 Å². The van der Waals surface area contributed by atoms with Gasteiger partial charge in [-0.25, -0.2) is 9.97 Å². The average Bonchev–Trinajstić information content (AvgIpc) is 3.09. The number of thioether (sulfide) groups is 1. The maximum Gasteiger partial charge on any atom is 0.255 e. The summed E-state index contributed by atoms with van der Waals surface area (Å²) < 4.78 is 0. The summed E-state index contributed by atoms with van der Waals surface area (Å²) in [4.78, 5) is 33.4. The van der Waals surface area contributed by atoms with Gasteiger partial charge in [0, 0.05) is 54.7 Å². The lowest BCUT2D eigenvalue weighted by atomic mass is 10.1. The molecule has 9 heteroatoms. The molecule has 3 N–H and O–H groups in total. The summed E-state index contributed by atoms with van der Waals surface area (Å²) in [7, 11) is 4.02. The van der Waals surface area contributed by atoms with Gasteiger partial charge >= 0.3 is 0 Å². The van der Waals surface area contributed by atoms with Crippen LogP contribution in [-0.2, 0) is 18.7 Å². The summed E-state index contributed by atoms with van der Waals surface area (Å²) in [5, 5.41) is 3.16. The highest BCUT2D eigenvalue weighted by Gasteiger charge is 2.06. The summed E-state index contributed by atoms with van der Waals surface area (Å²) in [6.07, 6.45) is 5.68. The first-order valence-corrected chi connectivity index (χ1v) is 10.6. The fourth-order valence-corrected chi connectivity index (χ4v) is 3.65. The second-order valence-corrected chi connectivity index (χ2v) is 8.22. The summed E-state index contributed by atoms with van der Waals surface area (Å²) in [6.45, 7) is 3.53. The van der Waals surface area contributed by atoms with Gasteiger partial charge in [-0.3, -0.25) is 14.8 Å². The van der Waals surface area contributed by atoms with Crippen molar-refractivity contribution in [1.82, 2.24) is 29.8 Å². The molecular formula is C20H27N7OS. The molecule has 0 aliphatic carbocycles. The molecule has 29 heavy (non-hydrogen) atoms. The maximum atomic E-state index is 12.4. The number of aromatic nitrogens is 5. The third-order valence-corrected chi connectivity index (χ3v) is 5.31. The van der Waals surface area contributed by atoms with Crippen LogP contribution in [-0.4, -0.2) is 56.2 Å². The van der Waals surface area contributed by atoms with E-state index >= 15 is 0 Å². The molecule has 3 aromatic rings. The first kappa shape index (κ1) is 21.1. The van der Waals surface area contributed by atoms with E-state index in [2.05, 4.69) is 35.1 Å². The van der Waals surface area contributed by atoms with E-state index in [1.807, 2.05) is 39.3 Å². The Bertz CT molecular complexity index is 965. The molecular weight excluding hydrogens is 386 g/mol. The lowest BCUT2D eigenvalue weighted by Crippen LogP contribution is -2.18. The Balaban J connectivity index is 1.47. The number of nitrogens with zero attached hydrogens (tertiary/aromatic N) is 4. The first-order chi connectivity index (χ1) is 14.0. The Labute approximate surface area is 174 Å². The number of hydrogen-bond donors (Lipinski definition) is 3. The van der Waals surface area contributed by atoms with Gasteiger partial charge in [-0.1, -0.05) is 6.07 Å². The zero-order valence-corrected chi connectivity index (χ0v) is 17.8. The van der Waals surface area contributed by atoms with E-state index in [9.17, 15) is 4.79 Å². The van der Waals surface area contributed by atoms with E-state index in [-0.39, 0.29) is 5.56 Å². The smallest absolute Gasteiger partial charge is 0.255 e. The van der Waals surface area contributed by atoms with Crippen LogP contribution in [0.3, 0.4) is 0 Å². The Morgan fingerprint density at radius 3 is 2.69 bits per heavy atom. The minimum Gasteiger partial charge on any atom is -0.355 e. The normalized spacial score (nSPS) is 11.2. The van der Waals surface area contributed by atoms with E-state index in [4.69, 9.17) is 0 Å². The van der Waals surface area contributed by atoms with Crippen LogP contribution in [0.1, 0.15) is 28.2 Å². The van der Waals surface area contributed by atoms with Crippen LogP contribution in [0, 0.1) is 6.92 Å². The molecule has 154 valence electrons. The van der Waals surface area contributed by atoms with Crippen molar-refractivity contribution in [2.24, 2.45) is 0 Å². The fraction of sp³-hybridized carbons (Fsp3) is 0.400. The van der Waals surface area contributed by atoms with Crippen LogP contribution in [0.4, 0.5) is 5.95 Å². The summed E-state index contributed by atoms with van der Waals surface area (Å²) in [5.74, 6) is 2.25.